The van der Waals surface area contributed by atoms with Crippen molar-refractivity contribution in [3.8, 4) is 0 Å². The lowest BCUT2D eigenvalue weighted by atomic mass is 10.1. The topological polar surface area (TPSA) is 79.0 Å². The molecule has 8 heteroatoms. The van der Waals surface area contributed by atoms with Crippen LogP contribution < -0.4 is 9.62 Å². The average Bonchev–Trinajstić information content (AvgIpc) is 2.73. The van der Waals surface area contributed by atoms with E-state index in [9.17, 15) is 13.2 Å². The van der Waals surface area contributed by atoms with Gasteiger partial charge in [-0.3, -0.25) is 14.0 Å². The van der Waals surface area contributed by atoms with Crippen LogP contribution in [-0.4, -0.2) is 57.8 Å². The molecule has 1 amide bonds. The second-order valence-corrected chi connectivity index (χ2v) is 9.86. The summed E-state index contributed by atoms with van der Waals surface area (Å²) >= 11 is 0. The number of morpholine rings is 1. The van der Waals surface area contributed by atoms with Gasteiger partial charge in [-0.2, -0.15) is 0 Å². The summed E-state index contributed by atoms with van der Waals surface area (Å²) in [5, 5.41) is 2.88. The zero-order chi connectivity index (χ0) is 22.4. The van der Waals surface area contributed by atoms with Crippen molar-refractivity contribution in [2.24, 2.45) is 0 Å². The fourth-order valence-electron chi connectivity index (χ4n) is 3.69. The number of anilines is 1. The van der Waals surface area contributed by atoms with Crippen LogP contribution in [0.15, 0.2) is 48.5 Å². The quantitative estimate of drug-likeness (QED) is 0.675. The van der Waals surface area contributed by atoms with Gasteiger partial charge in [-0.25, -0.2) is 8.42 Å². The molecule has 0 aliphatic carbocycles. The van der Waals surface area contributed by atoms with E-state index < -0.39 is 16.1 Å². The zero-order valence-corrected chi connectivity index (χ0v) is 19.2. The third-order valence-electron chi connectivity index (χ3n) is 5.34. The van der Waals surface area contributed by atoms with Crippen LogP contribution in [0.4, 0.5) is 5.69 Å². The Morgan fingerprint density at radius 1 is 1.13 bits per heavy atom. The highest BCUT2D eigenvalue weighted by Crippen LogP contribution is 2.21. The predicted octanol–water partition coefficient (Wildman–Crippen LogP) is 2.30. The van der Waals surface area contributed by atoms with Gasteiger partial charge in [0.2, 0.25) is 15.9 Å². The van der Waals surface area contributed by atoms with Crippen molar-refractivity contribution in [1.29, 1.82) is 0 Å². The van der Waals surface area contributed by atoms with E-state index in [0.29, 0.717) is 12.2 Å². The third kappa shape index (κ3) is 6.53. The van der Waals surface area contributed by atoms with E-state index >= 15 is 0 Å². The van der Waals surface area contributed by atoms with E-state index in [0.717, 1.165) is 54.5 Å². The Kier molecular flexibility index (Phi) is 7.69. The van der Waals surface area contributed by atoms with Crippen molar-refractivity contribution < 1.29 is 17.9 Å². The number of hydrogen-bond acceptors (Lipinski definition) is 5. The monoisotopic (exact) mass is 445 g/mol. The number of carbonyl (C=O) groups excluding carboxylic acids is 1. The highest BCUT2D eigenvalue weighted by atomic mass is 32.2. The second-order valence-electron chi connectivity index (χ2n) is 8.00. The maximum atomic E-state index is 12.8. The average molecular weight is 446 g/mol. The molecule has 168 valence electrons. The Morgan fingerprint density at radius 2 is 1.77 bits per heavy atom. The molecule has 0 saturated carbocycles. The van der Waals surface area contributed by atoms with Crippen LogP contribution in [0, 0.1) is 6.92 Å². The number of ether oxygens (including phenoxy) is 1. The molecule has 1 N–H and O–H groups in total. The van der Waals surface area contributed by atoms with Crippen LogP contribution in [-0.2, 0) is 32.6 Å². The highest BCUT2D eigenvalue weighted by molar-refractivity contribution is 7.92. The number of amides is 1. The van der Waals surface area contributed by atoms with Crippen LogP contribution in [0.1, 0.15) is 23.6 Å². The van der Waals surface area contributed by atoms with Gasteiger partial charge in [0, 0.05) is 26.2 Å². The number of sulfonamides is 1. The first-order valence-corrected chi connectivity index (χ1v) is 12.3. The molecule has 1 atom stereocenters. The molecule has 0 unspecified atom stereocenters. The van der Waals surface area contributed by atoms with Gasteiger partial charge in [-0.15, -0.1) is 0 Å². The summed E-state index contributed by atoms with van der Waals surface area (Å²) in [6.07, 6.45) is 1.12. The van der Waals surface area contributed by atoms with Gasteiger partial charge in [0.05, 0.1) is 25.2 Å². The van der Waals surface area contributed by atoms with Crippen LogP contribution in [0.25, 0.3) is 0 Å². The van der Waals surface area contributed by atoms with Crippen LogP contribution in [0.3, 0.4) is 0 Å². The summed E-state index contributed by atoms with van der Waals surface area (Å²) in [4.78, 5) is 15.1. The van der Waals surface area contributed by atoms with Crippen molar-refractivity contribution in [3.05, 3.63) is 65.2 Å². The molecule has 2 aromatic rings. The first-order valence-electron chi connectivity index (χ1n) is 10.5. The number of aryl methyl sites for hydroxylation is 1. The molecule has 0 bridgehead atoms. The van der Waals surface area contributed by atoms with Gasteiger partial charge < -0.3 is 10.1 Å². The molecule has 1 fully saturated rings. The van der Waals surface area contributed by atoms with E-state index in [1.165, 1.54) is 5.56 Å². The molecule has 1 aliphatic rings. The molecule has 3 rings (SSSR count). The van der Waals surface area contributed by atoms with E-state index in [-0.39, 0.29) is 5.91 Å². The van der Waals surface area contributed by atoms with Gasteiger partial charge in [-0.05, 0) is 37.1 Å². The van der Waals surface area contributed by atoms with E-state index in [2.05, 4.69) is 22.3 Å². The molecule has 1 saturated heterocycles. The van der Waals surface area contributed by atoms with Gasteiger partial charge in [-0.1, -0.05) is 42.0 Å². The van der Waals surface area contributed by atoms with Crippen LogP contribution in [0.2, 0.25) is 0 Å². The number of benzene rings is 2. The molecular formula is C23H31N3O4S. The summed E-state index contributed by atoms with van der Waals surface area (Å²) in [5.74, 6) is -0.343. The normalized spacial score (nSPS) is 16.0. The Labute approximate surface area is 185 Å². The maximum Gasteiger partial charge on any atom is 0.243 e. The van der Waals surface area contributed by atoms with Crippen molar-refractivity contribution in [2.45, 2.75) is 33.0 Å². The number of nitrogens with zero attached hydrogens (tertiary/aromatic N) is 2. The number of nitrogens with one attached hydrogen (secondary N) is 1. The minimum atomic E-state index is -3.62. The smallest absolute Gasteiger partial charge is 0.243 e. The first-order chi connectivity index (χ1) is 14.7. The second kappa shape index (κ2) is 10.3. The fourth-order valence-corrected chi connectivity index (χ4v) is 4.87. The first kappa shape index (κ1) is 23.2. The van der Waals surface area contributed by atoms with Crippen molar-refractivity contribution >= 4 is 21.6 Å². The van der Waals surface area contributed by atoms with Crippen molar-refractivity contribution in [1.82, 2.24) is 10.2 Å². The fraction of sp³-hybridized carbons (Fsp3) is 0.435. The summed E-state index contributed by atoms with van der Waals surface area (Å²) in [6, 6.07) is 14.3. The number of carbonyl (C=O) groups is 1. The van der Waals surface area contributed by atoms with Gasteiger partial charge in [0.15, 0.2) is 0 Å². The summed E-state index contributed by atoms with van der Waals surface area (Å²) in [7, 11) is -3.62. The largest absolute Gasteiger partial charge is 0.379 e. The van der Waals surface area contributed by atoms with E-state index in [1.807, 2.05) is 31.2 Å². The van der Waals surface area contributed by atoms with Crippen molar-refractivity contribution in [3.63, 3.8) is 0 Å². The lowest BCUT2D eigenvalue weighted by Crippen LogP contribution is -2.47. The molecule has 2 aromatic carbocycles. The molecule has 0 radical (unpaired) electrons. The van der Waals surface area contributed by atoms with Gasteiger partial charge in [0.25, 0.3) is 0 Å². The third-order valence-corrected chi connectivity index (χ3v) is 6.59. The van der Waals surface area contributed by atoms with Crippen LogP contribution in [0.5, 0.6) is 0 Å². The van der Waals surface area contributed by atoms with Crippen LogP contribution >= 0.6 is 0 Å². The standard InChI is InChI=1S/C23H31N3O4S/c1-18-7-9-22(10-8-18)26(31(3,28)29)19(2)23(27)24-16-20-5-4-6-21(15-20)17-25-11-13-30-14-12-25/h4-10,15,19H,11-14,16-17H2,1-3H3,(H,24,27)/t19-/m0/s1. The number of rotatable bonds is 8. The Morgan fingerprint density at radius 3 is 2.42 bits per heavy atom. The molecule has 1 heterocycles. The minimum Gasteiger partial charge on any atom is -0.379 e. The summed E-state index contributed by atoms with van der Waals surface area (Å²) < 4.78 is 31.4. The lowest BCUT2D eigenvalue weighted by molar-refractivity contribution is -0.122. The molecular weight excluding hydrogens is 414 g/mol. The predicted molar refractivity (Wildman–Crippen MR) is 122 cm³/mol. The van der Waals surface area contributed by atoms with Gasteiger partial charge >= 0.3 is 0 Å². The SMILES string of the molecule is Cc1ccc(N([C@@H](C)C(=O)NCc2cccc(CN3CCOCC3)c2)S(C)(=O)=O)cc1. The summed E-state index contributed by atoms with van der Waals surface area (Å²) in [6.45, 7) is 8.06. The minimum absolute atomic E-state index is 0.339. The van der Waals surface area contributed by atoms with E-state index in [1.54, 1.807) is 19.1 Å². The maximum absolute atomic E-state index is 12.8. The zero-order valence-electron chi connectivity index (χ0n) is 18.4. The Hall–Kier alpha value is -2.42. The molecule has 1 aliphatic heterocycles. The summed E-state index contributed by atoms with van der Waals surface area (Å²) in [5.41, 5.74) is 3.65. The molecule has 7 nitrogen and oxygen atoms in total. The van der Waals surface area contributed by atoms with Gasteiger partial charge in [0.1, 0.15) is 6.04 Å². The van der Waals surface area contributed by atoms with Crippen molar-refractivity contribution in [2.75, 3.05) is 36.9 Å². The number of hydrogen-bond donors (Lipinski definition) is 1. The highest BCUT2D eigenvalue weighted by Gasteiger charge is 2.28. The molecule has 0 spiro atoms. The molecule has 31 heavy (non-hydrogen) atoms. The Bertz CT molecular complexity index is 986. The molecule has 0 aromatic heterocycles. The Balaban J connectivity index is 1.64. The van der Waals surface area contributed by atoms with E-state index in [4.69, 9.17) is 4.74 Å². The lowest BCUT2D eigenvalue weighted by Gasteiger charge is -2.28.